The molecule has 1 amide bonds. The van der Waals surface area contributed by atoms with Crippen molar-refractivity contribution in [3.05, 3.63) is 83.2 Å². The number of carbonyl (C=O) groups is 1. The fourth-order valence-electron chi connectivity index (χ4n) is 5.39. The lowest BCUT2D eigenvalue weighted by Crippen LogP contribution is -2.44. The van der Waals surface area contributed by atoms with E-state index in [9.17, 15) is 4.79 Å². The lowest BCUT2D eigenvalue weighted by atomic mass is 9.94. The molecular weight excluding hydrogens is 452 g/mol. The fourth-order valence-corrected chi connectivity index (χ4v) is 5.39. The van der Waals surface area contributed by atoms with Gasteiger partial charge in [-0.05, 0) is 55.5 Å². The summed E-state index contributed by atoms with van der Waals surface area (Å²) in [5, 5.41) is 7.46. The summed E-state index contributed by atoms with van der Waals surface area (Å²) in [4.78, 5) is 17.8. The van der Waals surface area contributed by atoms with Crippen LogP contribution >= 0.6 is 0 Å². The molecule has 190 valence electrons. The van der Waals surface area contributed by atoms with Crippen LogP contribution in [0, 0.1) is 0 Å². The molecule has 7 heteroatoms. The van der Waals surface area contributed by atoms with Gasteiger partial charge in [-0.15, -0.1) is 0 Å². The average Bonchev–Trinajstić information content (AvgIpc) is 3.42. The topological polar surface area (TPSA) is 70.8 Å². The Morgan fingerprint density at radius 2 is 1.75 bits per heavy atom. The summed E-state index contributed by atoms with van der Waals surface area (Å²) in [5.74, 6) is 1.33. The summed E-state index contributed by atoms with van der Waals surface area (Å²) >= 11 is 0. The molecule has 1 atom stereocenters. The lowest BCUT2D eigenvalue weighted by Gasteiger charge is -2.32. The second kappa shape index (κ2) is 11.7. The Balaban J connectivity index is 1.11. The van der Waals surface area contributed by atoms with E-state index in [1.54, 1.807) is 7.11 Å². The molecule has 3 aromatic rings. The first-order valence-corrected chi connectivity index (χ1v) is 13.1. The summed E-state index contributed by atoms with van der Waals surface area (Å²) in [5.41, 5.74) is 3.46. The lowest BCUT2D eigenvalue weighted by molar-refractivity contribution is 0.0871. The highest BCUT2D eigenvalue weighted by Gasteiger charge is 2.27. The number of ether oxygens (including phenoxy) is 1. The van der Waals surface area contributed by atoms with Crippen LogP contribution in [-0.2, 0) is 13.1 Å². The summed E-state index contributed by atoms with van der Waals surface area (Å²) in [6.07, 6.45) is 4.05. The Morgan fingerprint density at radius 3 is 2.56 bits per heavy atom. The van der Waals surface area contributed by atoms with Gasteiger partial charge in [0.1, 0.15) is 5.75 Å². The second-order valence-corrected chi connectivity index (χ2v) is 10.1. The van der Waals surface area contributed by atoms with Crippen LogP contribution in [0.2, 0.25) is 0 Å². The van der Waals surface area contributed by atoms with Crippen LogP contribution < -0.4 is 10.1 Å². The van der Waals surface area contributed by atoms with Crippen molar-refractivity contribution in [2.45, 2.75) is 50.7 Å². The molecule has 1 aromatic heterocycles. The molecule has 2 aromatic carbocycles. The molecular formula is C29H36N4O3. The third kappa shape index (κ3) is 6.33. The van der Waals surface area contributed by atoms with Crippen molar-refractivity contribution in [2.75, 3.05) is 33.3 Å². The normalized spacial score (nSPS) is 19.8. The maximum Gasteiger partial charge on any atom is 0.290 e. The minimum Gasteiger partial charge on any atom is -0.497 e. The number of hydrogen-bond acceptors (Lipinski definition) is 6. The highest BCUT2D eigenvalue weighted by atomic mass is 16.5. The van der Waals surface area contributed by atoms with Crippen LogP contribution in [0.1, 0.15) is 59.0 Å². The molecule has 5 rings (SSSR count). The number of methoxy groups -OCH3 is 1. The van der Waals surface area contributed by atoms with Gasteiger partial charge < -0.3 is 14.6 Å². The summed E-state index contributed by atoms with van der Waals surface area (Å²) in [6, 6.07) is 20.8. The summed E-state index contributed by atoms with van der Waals surface area (Å²) < 4.78 is 10.9. The second-order valence-electron chi connectivity index (χ2n) is 10.1. The summed E-state index contributed by atoms with van der Waals surface area (Å²) in [6.45, 7) is 5.76. The molecule has 2 aliphatic rings. The largest absolute Gasteiger partial charge is 0.497 e. The first-order valence-electron chi connectivity index (χ1n) is 13.1. The van der Waals surface area contributed by atoms with Crippen LogP contribution in [0.4, 0.5) is 0 Å². The number of aromatic nitrogens is 1. The Hall–Kier alpha value is -3.16. The molecule has 0 bridgehead atoms. The van der Waals surface area contributed by atoms with Crippen molar-refractivity contribution in [1.29, 1.82) is 0 Å². The van der Waals surface area contributed by atoms with Crippen LogP contribution in [-0.4, -0.2) is 60.2 Å². The summed E-state index contributed by atoms with van der Waals surface area (Å²) in [7, 11) is 1.70. The smallest absolute Gasteiger partial charge is 0.290 e. The number of benzene rings is 2. The first-order chi connectivity index (χ1) is 17.7. The molecule has 36 heavy (non-hydrogen) atoms. The maximum absolute atomic E-state index is 12.9. The average molecular weight is 489 g/mol. The number of carbonyl (C=O) groups excluding carboxylic acids is 1. The van der Waals surface area contributed by atoms with Crippen LogP contribution in [0.5, 0.6) is 5.75 Å². The molecule has 0 spiro atoms. The molecule has 3 heterocycles. The van der Waals surface area contributed by atoms with Gasteiger partial charge in [0.05, 0.1) is 12.8 Å². The van der Waals surface area contributed by atoms with Gasteiger partial charge in [0.2, 0.25) is 5.76 Å². The van der Waals surface area contributed by atoms with E-state index >= 15 is 0 Å². The van der Waals surface area contributed by atoms with E-state index in [0.29, 0.717) is 5.76 Å². The van der Waals surface area contributed by atoms with Crippen molar-refractivity contribution in [1.82, 2.24) is 20.3 Å². The van der Waals surface area contributed by atoms with E-state index in [0.717, 1.165) is 76.4 Å². The van der Waals surface area contributed by atoms with Crippen LogP contribution in [0.3, 0.4) is 0 Å². The SMILES string of the molecule is COc1cccc(CN2CCCC(c3cc(C(=O)NC4CCN(Cc5ccccc5)CC4)on3)C2)c1. The highest BCUT2D eigenvalue weighted by molar-refractivity contribution is 5.91. The molecule has 1 unspecified atom stereocenters. The van der Waals surface area contributed by atoms with Gasteiger partial charge in [-0.1, -0.05) is 47.6 Å². The number of hydrogen-bond donors (Lipinski definition) is 1. The molecule has 7 nitrogen and oxygen atoms in total. The number of amides is 1. The Labute approximate surface area is 213 Å². The third-order valence-corrected chi connectivity index (χ3v) is 7.39. The molecule has 2 aliphatic heterocycles. The van der Waals surface area contributed by atoms with Crippen LogP contribution in [0.25, 0.3) is 0 Å². The fraction of sp³-hybridized carbons (Fsp3) is 0.448. The number of nitrogens with zero attached hydrogens (tertiary/aromatic N) is 3. The number of likely N-dealkylation sites (tertiary alicyclic amines) is 2. The van der Waals surface area contributed by atoms with Gasteiger partial charge >= 0.3 is 0 Å². The van der Waals surface area contributed by atoms with E-state index in [1.165, 1.54) is 11.1 Å². The molecule has 0 aliphatic carbocycles. The zero-order chi connectivity index (χ0) is 24.7. The van der Waals surface area contributed by atoms with Gasteiger partial charge in [-0.2, -0.15) is 0 Å². The molecule has 0 saturated carbocycles. The predicted octanol–water partition coefficient (Wildman–Crippen LogP) is 4.46. The van der Waals surface area contributed by atoms with Gasteiger partial charge in [0.15, 0.2) is 0 Å². The minimum atomic E-state index is -0.153. The van der Waals surface area contributed by atoms with Gasteiger partial charge in [0.25, 0.3) is 5.91 Å². The van der Waals surface area contributed by atoms with Crippen molar-refractivity contribution < 1.29 is 14.1 Å². The van der Waals surface area contributed by atoms with Gasteiger partial charge in [-0.25, -0.2) is 0 Å². The van der Waals surface area contributed by atoms with E-state index in [1.807, 2.05) is 24.3 Å². The minimum absolute atomic E-state index is 0.153. The Kier molecular flexibility index (Phi) is 7.98. The first kappa shape index (κ1) is 24.5. The van der Waals surface area contributed by atoms with Crippen molar-refractivity contribution in [3.8, 4) is 5.75 Å². The van der Waals surface area contributed by atoms with E-state index in [-0.39, 0.29) is 17.9 Å². The van der Waals surface area contributed by atoms with E-state index in [4.69, 9.17) is 9.26 Å². The highest BCUT2D eigenvalue weighted by Crippen LogP contribution is 2.28. The zero-order valence-corrected chi connectivity index (χ0v) is 21.1. The standard InChI is InChI=1S/C29H36N4O3/c1-35-26-11-5-9-23(17-26)20-33-14-6-10-24(21-33)27-18-28(36-31-27)29(34)30-25-12-15-32(16-13-25)19-22-7-3-2-4-8-22/h2-5,7-9,11,17-18,24-25H,6,10,12-16,19-21H2,1H3,(H,30,34). The van der Waals surface area contributed by atoms with Crippen LogP contribution in [0.15, 0.2) is 65.2 Å². The molecule has 2 saturated heterocycles. The van der Waals surface area contributed by atoms with Gasteiger partial charge in [-0.3, -0.25) is 14.6 Å². The quantitative estimate of drug-likeness (QED) is 0.505. The molecule has 1 N–H and O–H groups in total. The molecule has 0 radical (unpaired) electrons. The van der Waals surface area contributed by atoms with Gasteiger partial charge in [0, 0.05) is 50.7 Å². The van der Waals surface area contributed by atoms with Crippen molar-refractivity contribution in [3.63, 3.8) is 0 Å². The zero-order valence-electron chi connectivity index (χ0n) is 21.1. The third-order valence-electron chi connectivity index (χ3n) is 7.39. The molecule has 2 fully saturated rings. The monoisotopic (exact) mass is 488 g/mol. The number of piperidine rings is 2. The number of rotatable bonds is 8. The Bertz CT molecular complexity index is 1120. The predicted molar refractivity (Wildman–Crippen MR) is 139 cm³/mol. The Morgan fingerprint density at radius 1 is 0.972 bits per heavy atom. The van der Waals surface area contributed by atoms with Crippen molar-refractivity contribution >= 4 is 5.91 Å². The number of nitrogens with one attached hydrogen (secondary N) is 1. The van der Waals surface area contributed by atoms with E-state index in [2.05, 4.69) is 56.7 Å². The maximum atomic E-state index is 12.9. The van der Waals surface area contributed by atoms with E-state index < -0.39 is 0 Å². The van der Waals surface area contributed by atoms with Crippen molar-refractivity contribution in [2.24, 2.45) is 0 Å².